The van der Waals surface area contributed by atoms with Crippen LogP contribution in [0.5, 0.6) is 0 Å². The topological polar surface area (TPSA) is 136 Å². The second-order valence-corrected chi connectivity index (χ2v) is 7.59. The molecule has 4 N–H and O–H groups in total. The molecule has 162 valence electrons. The number of rotatable bonds is 5. The Kier molecular flexibility index (Phi) is 5.79. The van der Waals surface area contributed by atoms with Crippen LogP contribution in [0.25, 0.3) is 11.2 Å². The number of hydrogen-bond donors (Lipinski definition) is 4. The quantitative estimate of drug-likeness (QED) is 0.435. The summed E-state index contributed by atoms with van der Waals surface area (Å²) >= 11 is 6.26. The van der Waals surface area contributed by atoms with Crippen LogP contribution in [0.3, 0.4) is 0 Å². The summed E-state index contributed by atoms with van der Waals surface area (Å²) in [4.78, 5) is 8.55. The van der Waals surface area contributed by atoms with Gasteiger partial charge in [-0.05, 0) is 24.6 Å². The molecule has 1 aliphatic rings. The molecule has 0 unspecified atom stereocenters. The van der Waals surface area contributed by atoms with Crippen LogP contribution in [-0.2, 0) is 4.74 Å². The largest absolute Gasteiger partial charge is 0.394 e. The van der Waals surface area contributed by atoms with Crippen molar-refractivity contribution in [2.24, 2.45) is 0 Å². The number of halogens is 2. The number of anilines is 1. The van der Waals surface area contributed by atoms with Crippen molar-refractivity contribution in [1.29, 1.82) is 5.26 Å². The fourth-order valence-electron chi connectivity index (χ4n) is 3.60. The molecule has 0 spiro atoms. The number of fused-ring (bicyclic) bond motifs is 1. The second kappa shape index (κ2) is 8.37. The minimum Gasteiger partial charge on any atom is -0.394 e. The van der Waals surface area contributed by atoms with Crippen molar-refractivity contribution in [3.8, 4) is 6.07 Å². The molecule has 5 atom stereocenters. The van der Waals surface area contributed by atoms with E-state index < -0.39 is 31.1 Å². The van der Waals surface area contributed by atoms with Crippen molar-refractivity contribution in [2.75, 3.05) is 11.9 Å². The van der Waals surface area contributed by atoms with E-state index in [0.29, 0.717) is 11.2 Å². The molecule has 0 aliphatic carbocycles. The minimum absolute atomic E-state index is 0.0783. The summed E-state index contributed by atoms with van der Waals surface area (Å²) in [6.45, 7) is 1.35. The summed E-state index contributed by atoms with van der Waals surface area (Å²) in [6.07, 6.45) is -3.31. The molecule has 1 fully saturated rings. The van der Waals surface area contributed by atoms with Crippen LogP contribution < -0.4 is 5.32 Å². The predicted molar refractivity (Wildman–Crippen MR) is 109 cm³/mol. The van der Waals surface area contributed by atoms with E-state index in [1.807, 2.05) is 13.0 Å². The van der Waals surface area contributed by atoms with Gasteiger partial charge in [0.05, 0.1) is 18.6 Å². The third-order valence-electron chi connectivity index (χ3n) is 5.30. The van der Waals surface area contributed by atoms with E-state index in [0.717, 1.165) is 5.56 Å². The highest BCUT2D eigenvalue weighted by Crippen LogP contribution is 2.36. The lowest BCUT2D eigenvalue weighted by Crippen LogP contribution is -2.33. The number of ether oxygens (including phenoxy) is 1. The zero-order chi connectivity index (χ0) is 22.3. The minimum atomic E-state index is -1.33. The van der Waals surface area contributed by atoms with Crippen LogP contribution in [0, 0.1) is 17.1 Å². The number of aliphatic hydroxyl groups is 3. The van der Waals surface area contributed by atoms with Crippen molar-refractivity contribution in [2.45, 2.75) is 37.5 Å². The zero-order valence-electron chi connectivity index (χ0n) is 16.3. The first-order chi connectivity index (χ1) is 14.8. The summed E-state index contributed by atoms with van der Waals surface area (Å²) in [5, 5.41) is 42.5. The van der Waals surface area contributed by atoms with Gasteiger partial charge in [0, 0.05) is 6.04 Å². The first-order valence-electron chi connectivity index (χ1n) is 9.46. The fraction of sp³-hybridized carbons (Fsp3) is 0.350. The van der Waals surface area contributed by atoms with Gasteiger partial charge in [-0.25, -0.2) is 14.4 Å². The number of benzene rings is 1. The van der Waals surface area contributed by atoms with Gasteiger partial charge in [-0.2, -0.15) is 5.26 Å². The normalized spacial score (nSPS) is 24.3. The first kappa shape index (κ1) is 21.4. The van der Waals surface area contributed by atoms with Crippen molar-refractivity contribution in [3.63, 3.8) is 0 Å². The average molecular weight is 448 g/mol. The SMILES string of the molecule is C[C@H](Nc1c(C#N)c(Cl)nc2c1ncn2[C@@H]1O[C@H](CO)[C@@H](O)[C@H]1O)c1ccc(F)cc1. The van der Waals surface area contributed by atoms with Crippen LogP contribution in [0.15, 0.2) is 30.6 Å². The van der Waals surface area contributed by atoms with E-state index in [2.05, 4.69) is 15.3 Å². The maximum atomic E-state index is 13.3. The van der Waals surface area contributed by atoms with E-state index in [9.17, 15) is 25.0 Å². The van der Waals surface area contributed by atoms with E-state index in [1.54, 1.807) is 12.1 Å². The van der Waals surface area contributed by atoms with Crippen LogP contribution in [0.4, 0.5) is 10.1 Å². The van der Waals surface area contributed by atoms with Gasteiger partial charge in [0.25, 0.3) is 0 Å². The molecule has 0 amide bonds. The molecule has 0 radical (unpaired) electrons. The van der Waals surface area contributed by atoms with E-state index in [1.165, 1.54) is 23.0 Å². The van der Waals surface area contributed by atoms with Crippen LogP contribution in [0.1, 0.15) is 30.3 Å². The highest BCUT2D eigenvalue weighted by Gasteiger charge is 2.44. The molecule has 1 aliphatic heterocycles. The fourth-order valence-corrected chi connectivity index (χ4v) is 3.82. The van der Waals surface area contributed by atoms with E-state index in [4.69, 9.17) is 16.3 Å². The predicted octanol–water partition coefficient (Wildman–Crippen LogP) is 1.88. The van der Waals surface area contributed by atoms with Gasteiger partial charge in [-0.1, -0.05) is 23.7 Å². The summed E-state index contributed by atoms with van der Waals surface area (Å²) in [5.41, 5.74) is 1.68. The van der Waals surface area contributed by atoms with Gasteiger partial charge in [-0.15, -0.1) is 0 Å². The molecule has 4 rings (SSSR count). The number of imidazole rings is 1. The molecule has 9 nitrogen and oxygen atoms in total. The molecular formula is C20H19ClFN5O4. The standard InChI is InChI=1S/C20H19ClFN5O4/c1-9(10-2-4-11(22)5-3-10)25-14-12(6-23)18(21)26-19-15(14)24-8-27(19)20-17(30)16(29)13(7-28)31-20/h2-5,8-9,13,16-17,20,28-30H,7H2,1H3,(H,25,26)/t9-,13+,16+,17+,20+/m0/s1. The number of nitrogens with one attached hydrogen (secondary N) is 1. The average Bonchev–Trinajstić information content (AvgIpc) is 3.29. The highest BCUT2D eigenvalue weighted by molar-refractivity contribution is 6.31. The molecule has 3 heterocycles. The summed E-state index contributed by atoms with van der Waals surface area (Å²) < 4.78 is 20.2. The molecule has 3 aromatic rings. The van der Waals surface area contributed by atoms with Gasteiger partial charge >= 0.3 is 0 Å². The van der Waals surface area contributed by atoms with Crippen molar-refractivity contribution in [3.05, 3.63) is 52.7 Å². The number of nitrogens with zero attached hydrogens (tertiary/aromatic N) is 4. The molecule has 0 saturated carbocycles. The Balaban J connectivity index is 1.77. The molecule has 2 aromatic heterocycles. The van der Waals surface area contributed by atoms with Crippen LogP contribution in [0.2, 0.25) is 5.15 Å². The van der Waals surface area contributed by atoms with Gasteiger partial charge < -0.3 is 25.4 Å². The Hall–Kier alpha value is -2.81. The summed E-state index contributed by atoms with van der Waals surface area (Å²) in [5.74, 6) is -0.361. The van der Waals surface area contributed by atoms with Crippen molar-refractivity contribution < 1.29 is 24.4 Å². The molecular weight excluding hydrogens is 429 g/mol. The molecule has 11 heteroatoms. The van der Waals surface area contributed by atoms with Crippen molar-refractivity contribution in [1.82, 2.24) is 14.5 Å². The van der Waals surface area contributed by atoms with Gasteiger partial charge in [0.2, 0.25) is 0 Å². The molecule has 0 bridgehead atoms. The third kappa shape index (κ3) is 3.71. The van der Waals surface area contributed by atoms with Crippen LogP contribution in [-0.4, -0.2) is 54.8 Å². The summed E-state index contributed by atoms with van der Waals surface area (Å²) in [6, 6.07) is 7.61. The molecule has 1 aromatic carbocycles. The lowest BCUT2D eigenvalue weighted by molar-refractivity contribution is -0.0511. The van der Waals surface area contributed by atoms with Gasteiger partial charge in [0.1, 0.15) is 41.3 Å². The van der Waals surface area contributed by atoms with Crippen molar-refractivity contribution >= 4 is 28.5 Å². The second-order valence-electron chi connectivity index (χ2n) is 7.23. The van der Waals surface area contributed by atoms with Gasteiger partial charge in [0.15, 0.2) is 17.0 Å². The molecule has 1 saturated heterocycles. The van der Waals surface area contributed by atoms with Crippen LogP contribution >= 0.6 is 11.6 Å². The Morgan fingerprint density at radius 2 is 2.03 bits per heavy atom. The number of nitriles is 1. The number of pyridine rings is 1. The Morgan fingerprint density at radius 3 is 2.65 bits per heavy atom. The third-order valence-corrected chi connectivity index (χ3v) is 5.57. The maximum Gasteiger partial charge on any atom is 0.165 e. The lowest BCUT2D eigenvalue weighted by Gasteiger charge is -2.19. The zero-order valence-corrected chi connectivity index (χ0v) is 17.0. The van der Waals surface area contributed by atoms with E-state index >= 15 is 0 Å². The first-order valence-corrected chi connectivity index (χ1v) is 9.84. The maximum absolute atomic E-state index is 13.3. The number of aromatic nitrogens is 3. The lowest BCUT2D eigenvalue weighted by atomic mass is 10.1. The monoisotopic (exact) mass is 447 g/mol. The summed E-state index contributed by atoms with van der Waals surface area (Å²) in [7, 11) is 0. The van der Waals surface area contributed by atoms with Gasteiger partial charge in [-0.3, -0.25) is 4.57 Å². The Bertz CT molecular complexity index is 1150. The highest BCUT2D eigenvalue weighted by atomic mass is 35.5. The Morgan fingerprint density at radius 1 is 1.32 bits per heavy atom. The smallest absolute Gasteiger partial charge is 0.165 e. The van der Waals surface area contributed by atoms with E-state index in [-0.39, 0.29) is 28.2 Å². The number of hydrogen-bond acceptors (Lipinski definition) is 8. The number of aliphatic hydroxyl groups excluding tert-OH is 3. The molecule has 31 heavy (non-hydrogen) atoms. The Labute approximate surface area is 181 Å².